The predicted octanol–water partition coefficient (Wildman–Crippen LogP) is 1.65. The Labute approximate surface area is 95.1 Å². The molecular formula is C8H6ClN5S. The number of aromatic nitrogens is 4. The minimum Gasteiger partial charge on any atom is -0.382 e. The van der Waals surface area contributed by atoms with Crippen molar-refractivity contribution in [2.24, 2.45) is 0 Å². The Morgan fingerprint density at radius 1 is 1.20 bits per heavy atom. The zero-order valence-corrected chi connectivity index (χ0v) is 9.03. The van der Waals surface area contributed by atoms with Crippen LogP contribution in [0, 0.1) is 0 Å². The molecule has 0 unspecified atom stereocenters. The van der Waals surface area contributed by atoms with Crippen molar-refractivity contribution in [2.45, 2.75) is 10.1 Å². The maximum Gasteiger partial charge on any atom is 0.146 e. The standard InChI is InChI=1S/C8H6ClN5S/c9-6-7(10)13-4-14-8(6)15-5-3-11-1-2-12-5/h1-4H,(H2,10,13,14). The Hall–Kier alpha value is -1.40. The van der Waals surface area contributed by atoms with Crippen LogP contribution in [0.25, 0.3) is 0 Å². The van der Waals surface area contributed by atoms with Gasteiger partial charge in [0.05, 0.1) is 6.20 Å². The highest BCUT2D eigenvalue weighted by atomic mass is 35.5. The van der Waals surface area contributed by atoms with Gasteiger partial charge < -0.3 is 5.73 Å². The largest absolute Gasteiger partial charge is 0.382 e. The summed E-state index contributed by atoms with van der Waals surface area (Å²) in [5.74, 6) is 0.262. The van der Waals surface area contributed by atoms with E-state index in [1.807, 2.05) is 0 Å². The lowest BCUT2D eigenvalue weighted by atomic mass is 10.6. The molecule has 0 fully saturated rings. The van der Waals surface area contributed by atoms with E-state index >= 15 is 0 Å². The third kappa shape index (κ3) is 2.34. The van der Waals surface area contributed by atoms with Crippen molar-refractivity contribution >= 4 is 29.2 Å². The number of nitrogen functional groups attached to an aromatic ring is 1. The van der Waals surface area contributed by atoms with Crippen molar-refractivity contribution in [2.75, 3.05) is 5.73 Å². The van der Waals surface area contributed by atoms with Gasteiger partial charge >= 0.3 is 0 Å². The van der Waals surface area contributed by atoms with Crippen LogP contribution >= 0.6 is 23.4 Å². The number of rotatable bonds is 2. The lowest BCUT2D eigenvalue weighted by molar-refractivity contribution is 1.02. The molecule has 0 atom stereocenters. The molecule has 0 bridgehead atoms. The summed E-state index contributed by atoms with van der Waals surface area (Å²) < 4.78 is 0. The van der Waals surface area contributed by atoms with Gasteiger partial charge in [-0.1, -0.05) is 11.6 Å². The Balaban J connectivity index is 2.29. The minimum absolute atomic E-state index is 0.262. The summed E-state index contributed by atoms with van der Waals surface area (Å²) >= 11 is 7.22. The van der Waals surface area contributed by atoms with Crippen LogP contribution in [0.1, 0.15) is 0 Å². The van der Waals surface area contributed by atoms with Gasteiger partial charge in [0.2, 0.25) is 0 Å². The second-order valence-electron chi connectivity index (χ2n) is 2.52. The van der Waals surface area contributed by atoms with Gasteiger partial charge in [-0.05, 0) is 11.8 Å². The summed E-state index contributed by atoms with van der Waals surface area (Å²) in [6.45, 7) is 0. The van der Waals surface area contributed by atoms with E-state index in [0.29, 0.717) is 15.1 Å². The quantitative estimate of drug-likeness (QED) is 0.803. The van der Waals surface area contributed by atoms with Crippen molar-refractivity contribution in [3.63, 3.8) is 0 Å². The smallest absolute Gasteiger partial charge is 0.146 e. The molecule has 0 saturated heterocycles. The number of halogens is 1. The lowest BCUT2D eigenvalue weighted by Crippen LogP contribution is -1.94. The molecular weight excluding hydrogens is 234 g/mol. The van der Waals surface area contributed by atoms with Gasteiger partial charge in [-0.15, -0.1) is 0 Å². The molecule has 76 valence electrons. The predicted molar refractivity (Wildman–Crippen MR) is 57.6 cm³/mol. The molecule has 7 heteroatoms. The van der Waals surface area contributed by atoms with Crippen molar-refractivity contribution in [3.8, 4) is 0 Å². The van der Waals surface area contributed by atoms with Crippen molar-refractivity contribution in [1.29, 1.82) is 0 Å². The molecule has 0 spiro atoms. The SMILES string of the molecule is Nc1ncnc(Sc2cnccn2)c1Cl. The van der Waals surface area contributed by atoms with Crippen LogP contribution in [0.2, 0.25) is 5.02 Å². The molecule has 0 radical (unpaired) electrons. The fraction of sp³-hybridized carbons (Fsp3) is 0. The van der Waals surface area contributed by atoms with E-state index < -0.39 is 0 Å². The first-order valence-corrected chi connectivity index (χ1v) is 5.16. The lowest BCUT2D eigenvalue weighted by Gasteiger charge is -2.02. The monoisotopic (exact) mass is 239 g/mol. The van der Waals surface area contributed by atoms with E-state index in [2.05, 4.69) is 19.9 Å². The Morgan fingerprint density at radius 2 is 2.07 bits per heavy atom. The summed E-state index contributed by atoms with van der Waals surface area (Å²) in [7, 11) is 0. The van der Waals surface area contributed by atoms with Crippen molar-refractivity contribution in [1.82, 2.24) is 19.9 Å². The van der Waals surface area contributed by atoms with Gasteiger partial charge in [-0.3, -0.25) is 4.98 Å². The van der Waals surface area contributed by atoms with E-state index in [9.17, 15) is 0 Å². The maximum atomic E-state index is 5.92. The normalized spacial score (nSPS) is 10.2. The molecule has 5 nitrogen and oxygen atoms in total. The Kier molecular flexibility index (Phi) is 2.98. The number of nitrogens with two attached hydrogens (primary N) is 1. The van der Waals surface area contributed by atoms with E-state index in [-0.39, 0.29) is 5.82 Å². The number of hydrogen-bond donors (Lipinski definition) is 1. The van der Waals surface area contributed by atoms with Crippen LogP contribution in [0.3, 0.4) is 0 Å². The highest BCUT2D eigenvalue weighted by molar-refractivity contribution is 7.99. The molecule has 0 saturated carbocycles. The van der Waals surface area contributed by atoms with Crippen molar-refractivity contribution in [3.05, 3.63) is 29.9 Å². The van der Waals surface area contributed by atoms with Gasteiger partial charge in [0.15, 0.2) is 0 Å². The van der Waals surface area contributed by atoms with E-state index in [1.54, 1.807) is 18.6 Å². The molecule has 15 heavy (non-hydrogen) atoms. The number of hydrogen-bond acceptors (Lipinski definition) is 6. The van der Waals surface area contributed by atoms with Crippen LogP contribution < -0.4 is 5.73 Å². The molecule has 2 N–H and O–H groups in total. The number of nitrogens with zero attached hydrogens (tertiary/aromatic N) is 4. The summed E-state index contributed by atoms with van der Waals surface area (Å²) in [6.07, 6.45) is 6.18. The molecule has 0 amide bonds. The molecule has 0 aromatic carbocycles. The summed E-state index contributed by atoms with van der Waals surface area (Å²) in [5.41, 5.74) is 5.54. The molecule has 2 rings (SSSR count). The van der Waals surface area contributed by atoms with Crippen LogP contribution in [-0.2, 0) is 0 Å². The fourth-order valence-corrected chi connectivity index (χ4v) is 1.81. The zero-order valence-electron chi connectivity index (χ0n) is 7.46. The Morgan fingerprint density at radius 3 is 2.80 bits per heavy atom. The van der Waals surface area contributed by atoms with Crippen LogP contribution in [-0.4, -0.2) is 19.9 Å². The zero-order chi connectivity index (χ0) is 10.7. The molecule has 0 aliphatic carbocycles. The Bertz CT molecular complexity index is 464. The van der Waals surface area contributed by atoms with Crippen LogP contribution in [0.5, 0.6) is 0 Å². The molecule has 0 aliphatic heterocycles. The first-order chi connectivity index (χ1) is 7.27. The van der Waals surface area contributed by atoms with Gasteiger partial charge in [0.25, 0.3) is 0 Å². The maximum absolute atomic E-state index is 5.92. The van der Waals surface area contributed by atoms with Crippen LogP contribution in [0.4, 0.5) is 5.82 Å². The van der Waals surface area contributed by atoms with E-state index in [1.165, 1.54) is 18.1 Å². The minimum atomic E-state index is 0.262. The van der Waals surface area contributed by atoms with E-state index in [0.717, 1.165) is 0 Å². The highest BCUT2D eigenvalue weighted by Crippen LogP contribution is 2.31. The molecule has 2 aromatic heterocycles. The molecule has 2 heterocycles. The topological polar surface area (TPSA) is 77.6 Å². The summed E-state index contributed by atoms with van der Waals surface area (Å²) in [4.78, 5) is 15.8. The second kappa shape index (κ2) is 4.41. The average Bonchev–Trinajstić information content (AvgIpc) is 2.26. The van der Waals surface area contributed by atoms with Gasteiger partial charge in [-0.2, -0.15) is 0 Å². The second-order valence-corrected chi connectivity index (χ2v) is 3.91. The number of anilines is 1. The van der Waals surface area contributed by atoms with Gasteiger partial charge in [0, 0.05) is 12.4 Å². The van der Waals surface area contributed by atoms with Crippen molar-refractivity contribution < 1.29 is 0 Å². The first kappa shape index (κ1) is 10.1. The summed E-state index contributed by atoms with van der Waals surface area (Å²) in [6, 6.07) is 0. The fourth-order valence-electron chi connectivity index (χ4n) is 0.875. The third-order valence-electron chi connectivity index (χ3n) is 1.53. The van der Waals surface area contributed by atoms with E-state index in [4.69, 9.17) is 17.3 Å². The highest BCUT2D eigenvalue weighted by Gasteiger charge is 2.08. The van der Waals surface area contributed by atoms with Crippen LogP contribution in [0.15, 0.2) is 35.0 Å². The van der Waals surface area contributed by atoms with Gasteiger partial charge in [-0.25, -0.2) is 15.0 Å². The molecule has 0 aliphatic rings. The summed E-state index contributed by atoms with van der Waals surface area (Å²) in [5, 5.41) is 1.62. The molecule has 2 aromatic rings. The first-order valence-electron chi connectivity index (χ1n) is 3.97. The average molecular weight is 240 g/mol. The van der Waals surface area contributed by atoms with Gasteiger partial charge in [0.1, 0.15) is 27.2 Å². The third-order valence-corrected chi connectivity index (χ3v) is 2.93.